The highest BCUT2D eigenvalue weighted by Crippen LogP contribution is 1.98. The van der Waals surface area contributed by atoms with Crippen molar-refractivity contribution >= 4 is 0 Å². The number of nitrogens with two attached hydrogens (primary N) is 1. The minimum atomic E-state index is 0.631. The molecule has 0 amide bonds. The lowest BCUT2D eigenvalue weighted by Gasteiger charge is -2.07. The summed E-state index contributed by atoms with van der Waals surface area (Å²) in [6.45, 7) is 3.67. The van der Waals surface area contributed by atoms with Gasteiger partial charge in [0.1, 0.15) is 5.82 Å². The van der Waals surface area contributed by atoms with Crippen LogP contribution in [-0.2, 0) is 22.4 Å². The zero-order chi connectivity index (χ0) is 11.6. The summed E-state index contributed by atoms with van der Waals surface area (Å²) in [6, 6.07) is 0. The normalized spacial score (nSPS) is 10.9. The summed E-state index contributed by atoms with van der Waals surface area (Å²) in [5, 5.41) is 0. The molecule has 0 fully saturated rings. The van der Waals surface area contributed by atoms with Crippen molar-refractivity contribution in [3.8, 4) is 0 Å². The molecule has 2 N–H and O–H groups in total. The van der Waals surface area contributed by atoms with Gasteiger partial charge in [-0.1, -0.05) is 0 Å². The number of hydrogen-bond acceptors (Lipinski definition) is 4. The molecular formula is C11H21N3O2. The van der Waals surface area contributed by atoms with Crippen LogP contribution in [0.25, 0.3) is 0 Å². The van der Waals surface area contributed by atoms with E-state index in [1.54, 1.807) is 13.3 Å². The van der Waals surface area contributed by atoms with Gasteiger partial charge in [-0.3, -0.25) is 0 Å². The number of ether oxygens (including phenoxy) is 2. The standard InChI is InChI=1S/C11H21N3O2/c1-15-8-2-9-16-10-7-14-6-5-13-11(14)3-4-12/h5-6H,2-4,7-10,12H2,1H3. The Hall–Kier alpha value is -0.910. The van der Waals surface area contributed by atoms with Gasteiger partial charge < -0.3 is 19.8 Å². The molecule has 0 aliphatic carbocycles. The second-order valence-electron chi connectivity index (χ2n) is 3.53. The van der Waals surface area contributed by atoms with Gasteiger partial charge in [0.2, 0.25) is 0 Å². The third-order valence-electron chi connectivity index (χ3n) is 2.28. The summed E-state index contributed by atoms with van der Waals surface area (Å²) < 4.78 is 12.5. The number of rotatable bonds is 9. The summed E-state index contributed by atoms with van der Waals surface area (Å²) in [4.78, 5) is 4.24. The monoisotopic (exact) mass is 227 g/mol. The van der Waals surface area contributed by atoms with Crippen LogP contribution in [0.1, 0.15) is 12.2 Å². The number of nitrogens with zero attached hydrogens (tertiary/aromatic N) is 2. The lowest BCUT2D eigenvalue weighted by Crippen LogP contribution is -2.13. The van der Waals surface area contributed by atoms with Crippen molar-refractivity contribution in [3.63, 3.8) is 0 Å². The Morgan fingerprint density at radius 1 is 1.38 bits per heavy atom. The Balaban J connectivity index is 2.13. The summed E-state index contributed by atoms with van der Waals surface area (Å²) in [6.07, 6.45) is 5.52. The fourth-order valence-corrected chi connectivity index (χ4v) is 1.47. The highest BCUT2D eigenvalue weighted by atomic mass is 16.5. The van der Waals surface area contributed by atoms with Crippen LogP contribution in [0.5, 0.6) is 0 Å². The van der Waals surface area contributed by atoms with E-state index in [1.807, 2.05) is 6.20 Å². The smallest absolute Gasteiger partial charge is 0.109 e. The molecule has 1 aromatic heterocycles. The molecule has 0 bridgehead atoms. The first-order valence-electron chi connectivity index (χ1n) is 5.65. The molecule has 0 saturated carbocycles. The largest absolute Gasteiger partial charge is 0.385 e. The zero-order valence-electron chi connectivity index (χ0n) is 9.89. The molecule has 5 heteroatoms. The third kappa shape index (κ3) is 4.74. The van der Waals surface area contributed by atoms with Crippen molar-refractivity contribution in [2.24, 2.45) is 5.73 Å². The van der Waals surface area contributed by atoms with Crippen molar-refractivity contribution < 1.29 is 9.47 Å². The van der Waals surface area contributed by atoms with E-state index in [1.165, 1.54) is 0 Å². The van der Waals surface area contributed by atoms with Gasteiger partial charge >= 0.3 is 0 Å². The Labute approximate surface area is 96.6 Å². The van der Waals surface area contributed by atoms with E-state index in [-0.39, 0.29) is 0 Å². The Morgan fingerprint density at radius 3 is 3.00 bits per heavy atom. The molecule has 0 aliphatic heterocycles. The Kier molecular flexibility index (Phi) is 6.80. The maximum Gasteiger partial charge on any atom is 0.109 e. The quantitative estimate of drug-likeness (QED) is 0.622. The molecule has 92 valence electrons. The first kappa shape index (κ1) is 13.2. The fraction of sp³-hybridized carbons (Fsp3) is 0.727. The second-order valence-corrected chi connectivity index (χ2v) is 3.53. The first-order chi connectivity index (χ1) is 7.88. The van der Waals surface area contributed by atoms with E-state index in [0.717, 1.165) is 38.4 Å². The molecule has 0 saturated heterocycles. The average Bonchev–Trinajstić information content (AvgIpc) is 2.72. The Morgan fingerprint density at radius 2 is 2.25 bits per heavy atom. The van der Waals surface area contributed by atoms with Crippen molar-refractivity contribution in [1.29, 1.82) is 0 Å². The molecular weight excluding hydrogens is 206 g/mol. The van der Waals surface area contributed by atoms with Crippen molar-refractivity contribution in [2.75, 3.05) is 33.5 Å². The van der Waals surface area contributed by atoms with Gasteiger partial charge in [0.05, 0.1) is 6.61 Å². The topological polar surface area (TPSA) is 62.3 Å². The van der Waals surface area contributed by atoms with Crippen molar-refractivity contribution in [3.05, 3.63) is 18.2 Å². The van der Waals surface area contributed by atoms with Crippen LogP contribution in [0.4, 0.5) is 0 Å². The molecule has 1 heterocycles. The predicted molar refractivity (Wildman–Crippen MR) is 62.3 cm³/mol. The van der Waals surface area contributed by atoms with E-state index >= 15 is 0 Å². The lowest BCUT2D eigenvalue weighted by atomic mass is 10.4. The molecule has 0 aromatic carbocycles. The maximum atomic E-state index is 5.50. The number of aromatic nitrogens is 2. The molecule has 1 aromatic rings. The molecule has 0 unspecified atom stereocenters. The van der Waals surface area contributed by atoms with Crippen LogP contribution in [-0.4, -0.2) is 43.0 Å². The van der Waals surface area contributed by atoms with E-state index in [2.05, 4.69) is 9.55 Å². The van der Waals surface area contributed by atoms with Crippen LogP contribution >= 0.6 is 0 Å². The molecule has 0 aliphatic rings. The lowest BCUT2D eigenvalue weighted by molar-refractivity contribution is 0.0973. The minimum absolute atomic E-state index is 0.631. The second kappa shape index (κ2) is 8.27. The van der Waals surface area contributed by atoms with Crippen molar-refractivity contribution in [1.82, 2.24) is 9.55 Å². The molecule has 5 nitrogen and oxygen atoms in total. The zero-order valence-corrected chi connectivity index (χ0v) is 9.89. The summed E-state index contributed by atoms with van der Waals surface area (Å²) in [7, 11) is 1.70. The van der Waals surface area contributed by atoms with Gasteiger partial charge in [-0.2, -0.15) is 0 Å². The number of methoxy groups -OCH3 is 1. The van der Waals surface area contributed by atoms with Crippen molar-refractivity contribution in [2.45, 2.75) is 19.4 Å². The predicted octanol–water partition coefficient (Wildman–Crippen LogP) is 0.437. The van der Waals surface area contributed by atoms with Crippen LogP contribution < -0.4 is 5.73 Å². The highest BCUT2D eigenvalue weighted by Gasteiger charge is 2.00. The van der Waals surface area contributed by atoms with Gasteiger partial charge in [-0.25, -0.2) is 4.98 Å². The van der Waals surface area contributed by atoms with Gasteiger partial charge in [0, 0.05) is 45.7 Å². The summed E-state index contributed by atoms with van der Waals surface area (Å²) in [5.74, 6) is 1.03. The van der Waals surface area contributed by atoms with E-state index in [9.17, 15) is 0 Å². The van der Waals surface area contributed by atoms with E-state index in [4.69, 9.17) is 15.2 Å². The van der Waals surface area contributed by atoms with Crippen LogP contribution in [0, 0.1) is 0 Å². The van der Waals surface area contributed by atoms with E-state index in [0.29, 0.717) is 13.2 Å². The third-order valence-corrected chi connectivity index (χ3v) is 2.28. The van der Waals surface area contributed by atoms with Crippen LogP contribution in [0.15, 0.2) is 12.4 Å². The molecule has 0 spiro atoms. The first-order valence-corrected chi connectivity index (χ1v) is 5.65. The highest BCUT2D eigenvalue weighted by molar-refractivity contribution is 4.92. The number of imidazole rings is 1. The van der Waals surface area contributed by atoms with Gasteiger partial charge in [-0.15, -0.1) is 0 Å². The summed E-state index contributed by atoms with van der Waals surface area (Å²) >= 11 is 0. The van der Waals surface area contributed by atoms with Gasteiger partial charge in [-0.05, 0) is 13.0 Å². The number of hydrogen-bond donors (Lipinski definition) is 1. The molecule has 1 rings (SSSR count). The van der Waals surface area contributed by atoms with Crippen LogP contribution in [0.2, 0.25) is 0 Å². The molecule has 16 heavy (non-hydrogen) atoms. The molecule has 0 radical (unpaired) electrons. The SMILES string of the molecule is COCCCOCCn1ccnc1CCN. The summed E-state index contributed by atoms with van der Waals surface area (Å²) in [5.41, 5.74) is 5.50. The van der Waals surface area contributed by atoms with E-state index < -0.39 is 0 Å². The van der Waals surface area contributed by atoms with Gasteiger partial charge in [0.15, 0.2) is 0 Å². The Bertz CT molecular complexity index is 276. The maximum absolute atomic E-state index is 5.50. The minimum Gasteiger partial charge on any atom is -0.385 e. The van der Waals surface area contributed by atoms with Gasteiger partial charge in [0.25, 0.3) is 0 Å². The van der Waals surface area contributed by atoms with Crippen LogP contribution in [0.3, 0.4) is 0 Å². The average molecular weight is 227 g/mol. The molecule has 0 atom stereocenters. The fourth-order valence-electron chi connectivity index (χ4n) is 1.47.